The second-order valence-corrected chi connectivity index (χ2v) is 6.79. The number of halogens is 2. The van der Waals surface area contributed by atoms with Crippen LogP contribution in [0, 0.1) is 0 Å². The molecular formula is C20H16Cl2N2O3. The van der Waals surface area contributed by atoms with Gasteiger partial charge in [0.15, 0.2) is 6.10 Å². The highest BCUT2D eigenvalue weighted by atomic mass is 35.5. The van der Waals surface area contributed by atoms with Crippen LogP contribution >= 0.6 is 23.2 Å². The predicted molar refractivity (Wildman–Crippen MR) is 106 cm³/mol. The summed E-state index contributed by atoms with van der Waals surface area (Å²) >= 11 is 11.9. The van der Waals surface area contributed by atoms with E-state index in [9.17, 15) is 9.59 Å². The quantitative estimate of drug-likeness (QED) is 0.702. The van der Waals surface area contributed by atoms with E-state index in [-0.39, 0.29) is 5.02 Å². The highest BCUT2D eigenvalue weighted by Gasteiger charge is 2.35. The number of carbonyl (C=O) groups excluding carboxylic acids is 2. The van der Waals surface area contributed by atoms with Gasteiger partial charge >= 0.3 is 0 Å². The molecule has 0 fully saturated rings. The van der Waals surface area contributed by atoms with Gasteiger partial charge in [0.25, 0.3) is 11.8 Å². The lowest BCUT2D eigenvalue weighted by atomic mass is 10.1. The Morgan fingerprint density at radius 2 is 1.89 bits per heavy atom. The van der Waals surface area contributed by atoms with Gasteiger partial charge < -0.3 is 4.74 Å². The van der Waals surface area contributed by atoms with Crippen molar-refractivity contribution in [1.82, 2.24) is 5.01 Å². The summed E-state index contributed by atoms with van der Waals surface area (Å²) in [6.07, 6.45) is 0.746. The van der Waals surface area contributed by atoms with Gasteiger partial charge in [0.2, 0.25) is 0 Å². The van der Waals surface area contributed by atoms with Gasteiger partial charge in [0.05, 0.1) is 16.3 Å². The highest BCUT2D eigenvalue weighted by Crippen LogP contribution is 2.29. The number of carbonyl (C=O) groups is 2. The lowest BCUT2D eigenvalue weighted by Crippen LogP contribution is -2.39. The Bertz CT molecular complexity index is 955. The number of hydrazone groups is 1. The Morgan fingerprint density at radius 1 is 1.19 bits per heavy atom. The minimum atomic E-state index is -0.958. The van der Waals surface area contributed by atoms with Crippen molar-refractivity contribution in [1.29, 1.82) is 0 Å². The van der Waals surface area contributed by atoms with Crippen LogP contribution in [-0.4, -0.2) is 28.6 Å². The molecule has 2 aromatic rings. The molecule has 0 saturated carbocycles. The smallest absolute Gasteiger partial charge is 0.290 e. The molecule has 0 aliphatic carbocycles. The summed E-state index contributed by atoms with van der Waals surface area (Å²) in [5, 5.41) is 5.66. The first-order valence-corrected chi connectivity index (χ1v) is 8.94. The standard InChI is InChI=1S/C20H16Cl2N2O3/c1-12-16(10-14-6-4-3-5-7-14)20(26)24(23-12)19(25)13(2)27-18-9-8-15(21)11-17(18)22/h3-11,13H,1-2H3/t13-/m0/s1. The number of hydrogen-bond acceptors (Lipinski definition) is 4. The maximum absolute atomic E-state index is 12.7. The molecule has 7 heteroatoms. The van der Waals surface area contributed by atoms with Crippen molar-refractivity contribution in [2.24, 2.45) is 5.10 Å². The third kappa shape index (κ3) is 4.21. The summed E-state index contributed by atoms with van der Waals surface area (Å²) in [5.41, 5.74) is 1.68. The average Bonchev–Trinajstić information content (AvgIpc) is 2.92. The number of hydrogen-bond donors (Lipinski definition) is 0. The normalized spacial score (nSPS) is 16.4. The van der Waals surface area contributed by atoms with Gasteiger partial charge in [-0.3, -0.25) is 9.59 Å². The molecular weight excluding hydrogens is 387 g/mol. The van der Waals surface area contributed by atoms with Crippen LogP contribution < -0.4 is 4.74 Å². The summed E-state index contributed by atoms with van der Waals surface area (Å²) in [6, 6.07) is 14.0. The van der Waals surface area contributed by atoms with E-state index in [0.717, 1.165) is 10.6 Å². The minimum Gasteiger partial charge on any atom is -0.479 e. The fourth-order valence-electron chi connectivity index (χ4n) is 2.53. The Kier molecular flexibility index (Phi) is 5.63. The average molecular weight is 403 g/mol. The van der Waals surface area contributed by atoms with Crippen LogP contribution in [-0.2, 0) is 9.59 Å². The first-order chi connectivity index (χ1) is 12.9. The van der Waals surface area contributed by atoms with Crippen molar-refractivity contribution in [3.05, 3.63) is 69.7 Å². The van der Waals surface area contributed by atoms with E-state index in [1.54, 1.807) is 25.1 Å². The molecule has 0 bridgehead atoms. The van der Waals surface area contributed by atoms with E-state index in [2.05, 4.69) is 5.10 Å². The third-order valence-electron chi connectivity index (χ3n) is 3.93. The van der Waals surface area contributed by atoms with Gasteiger partial charge in [-0.15, -0.1) is 0 Å². The molecule has 1 aliphatic heterocycles. The summed E-state index contributed by atoms with van der Waals surface area (Å²) in [4.78, 5) is 25.3. The van der Waals surface area contributed by atoms with E-state index >= 15 is 0 Å². The molecule has 5 nitrogen and oxygen atoms in total. The van der Waals surface area contributed by atoms with Gasteiger partial charge in [-0.25, -0.2) is 0 Å². The van der Waals surface area contributed by atoms with Crippen LogP contribution in [0.2, 0.25) is 10.0 Å². The largest absolute Gasteiger partial charge is 0.479 e. The second kappa shape index (κ2) is 7.94. The maximum Gasteiger partial charge on any atom is 0.290 e. The topological polar surface area (TPSA) is 59.0 Å². The van der Waals surface area contributed by atoms with Crippen molar-refractivity contribution >= 4 is 46.8 Å². The zero-order chi connectivity index (χ0) is 19.6. The van der Waals surface area contributed by atoms with Crippen molar-refractivity contribution < 1.29 is 14.3 Å². The second-order valence-electron chi connectivity index (χ2n) is 5.94. The SMILES string of the molecule is CC1=NN(C(=O)[C@H](C)Oc2ccc(Cl)cc2Cl)C(=O)C1=Cc1ccccc1. The van der Waals surface area contributed by atoms with Crippen LogP contribution in [0.25, 0.3) is 6.08 Å². The van der Waals surface area contributed by atoms with Gasteiger partial charge in [-0.1, -0.05) is 53.5 Å². The number of benzene rings is 2. The number of rotatable bonds is 4. The Hall–Kier alpha value is -2.63. The van der Waals surface area contributed by atoms with Crippen LogP contribution in [0.3, 0.4) is 0 Å². The fourth-order valence-corrected chi connectivity index (χ4v) is 2.99. The predicted octanol–water partition coefficient (Wildman–Crippen LogP) is 4.59. The van der Waals surface area contributed by atoms with E-state index < -0.39 is 17.9 Å². The number of nitrogens with zero attached hydrogens (tertiary/aromatic N) is 2. The van der Waals surface area contributed by atoms with Crippen LogP contribution in [0.15, 0.2) is 59.2 Å². The fraction of sp³-hybridized carbons (Fsp3) is 0.150. The minimum absolute atomic E-state index is 0.277. The summed E-state index contributed by atoms with van der Waals surface area (Å²) in [5.74, 6) is -0.768. The molecule has 0 saturated heterocycles. The summed E-state index contributed by atoms with van der Waals surface area (Å²) in [7, 11) is 0. The molecule has 0 N–H and O–H groups in total. The van der Waals surface area contributed by atoms with Crippen molar-refractivity contribution in [3.8, 4) is 5.75 Å². The zero-order valence-electron chi connectivity index (χ0n) is 14.6. The van der Waals surface area contributed by atoms with Gasteiger partial charge in [0.1, 0.15) is 5.75 Å². The monoisotopic (exact) mass is 402 g/mol. The first kappa shape index (κ1) is 19.1. The maximum atomic E-state index is 12.7. The number of ether oxygens (including phenoxy) is 1. The molecule has 1 aliphatic rings. The Balaban J connectivity index is 1.77. The number of amides is 2. The lowest BCUT2D eigenvalue weighted by molar-refractivity contribution is -0.146. The van der Waals surface area contributed by atoms with Gasteiger partial charge in [-0.2, -0.15) is 10.1 Å². The summed E-state index contributed by atoms with van der Waals surface area (Å²) < 4.78 is 5.59. The van der Waals surface area contributed by atoms with E-state index in [1.165, 1.54) is 13.0 Å². The molecule has 2 amide bonds. The molecule has 1 atom stereocenters. The van der Waals surface area contributed by atoms with Gasteiger partial charge in [-0.05, 0) is 43.7 Å². The molecule has 0 radical (unpaired) electrons. The Morgan fingerprint density at radius 3 is 2.56 bits per heavy atom. The molecule has 0 spiro atoms. The molecule has 0 aromatic heterocycles. The highest BCUT2D eigenvalue weighted by molar-refractivity contribution is 6.35. The van der Waals surface area contributed by atoms with E-state index in [0.29, 0.717) is 22.1 Å². The lowest BCUT2D eigenvalue weighted by Gasteiger charge is -2.18. The molecule has 0 unspecified atom stereocenters. The van der Waals surface area contributed by atoms with E-state index in [4.69, 9.17) is 27.9 Å². The summed E-state index contributed by atoms with van der Waals surface area (Å²) in [6.45, 7) is 3.21. The van der Waals surface area contributed by atoms with E-state index in [1.807, 2.05) is 30.3 Å². The third-order valence-corrected chi connectivity index (χ3v) is 4.46. The van der Waals surface area contributed by atoms with Crippen LogP contribution in [0.1, 0.15) is 19.4 Å². The zero-order valence-corrected chi connectivity index (χ0v) is 16.2. The molecule has 1 heterocycles. The van der Waals surface area contributed by atoms with Crippen LogP contribution in [0.5, 0.6) is 5.75 Å². The molecule has 27 heavy (non-hydrogen) atoms. The first-order valence-electron chi connectivity index (χ1n) is 8.19. The van der Waals surface area contributed by atoms with Crippen molar-refractivity contribution in [2.45, 2.75) is 20.0 Å². The molecule has 138 valence electrons. The van der Waals surface area contributed by atoms with Gasteiger partial charge in [0, 0.05) is 5.02 Å². The van der Waals surface area contributed by atoms with Crippen LogP contribution in [0.4, 0.5) is 0 Å². The molecule has 2 aromatic carbocycles. The Labute approximate surface area is 166 Å². The van der Waals surface area contributed by atoms with Crippen molar-refractivity contribution in [3.63, 3.8) is 0 Å². The number of imide groups is 1. The van der Waals surface area contributed by atoms with Crippen molar-refractivity contribution in [2.75, 3.05) is 0 Å². The molecule has 3 rings (SSSR count).